The van der Waals surface area contributed by atoms with E-state index in [1.165, 1.54) is 36.0 Å². The normalized spacial score (nSPS) is 18.9. The molecule has 2 rings (SSSR count). The van der Waals surface area contributed by atoms with E-state index in [4.69, 9.17) is 5.73 Å². The van der Waals surface area contributed by atoms with Gasteiger partial charge in [-0.05, 0) is 43.5 Å². The number of nitrogens with zero attached hydrogens (tertiary/aromatic N) is 1. The first kappa shape index (κ1) is 12.1. The molecular formula is C13H19BrN2. The number of hydrogen-bond donors (Lipinski definition) is 1. The van der Waals surface area contributed by atoms with Gasteiger partial charge in [-0.15, -0.1) is 0 Å². The minimum absolute atomic E-state index is 0.713. The molecule has 0 bridgehead atoms. The van der Waals surface area contributed by atoms with E-state index in [0.717, 1.165) is 13.1 Å². The standard InChI is InChI=1S/C13H19BrN2/c14-13-4-2-1-3-12(13)11-5-8-16(9-6-11)10-7-15/h1-4,11H,5-10,15H2. The van der Waals surface area contributed by atoms with Gasteiger partial charge in [0.2, 0.25) is 0 Å². The lowest BCUT2D eigenvalue weighted by Gasteiger charge is -2.32. The highest BCUT2D eigenvalue weighted by Gasteiger charge is 2.21. The van der Waals surface area contributed by atoms with Crippen LogP contribution in [0.25, 0.3) is 0 Å². The molecule has 1 heterocycles. The summed E-state index contributed by atoms with van der Waals surface area (Å²) in [6.07, 6.45) is 2.51. The van der Waals surface area contributed by atoms with Gasteiger partial charge in [-0.3, -0.25) is 0 Å². The molecule has 88 valence electrons. The number of halogens is 1. The lowest BCUT2D eigenvalue weighted by Crippen LogP contribution is -2.36. The molecule has 16 heavy (non-hydrogen) atoms. The van der Waals surface area contributed by atoms with Crippen LogP contribution < -0.4 is 5.73 Å². The summed E-state index contributed by atoms with van der Waals surface area (Å²) in [6.45, 7) is 4.19. The van der Waals surface area contributed by atoms with Gasteiger partial charge in [-0.1, -0.05) is 34.1 Å². The van der Waals surface area contributed by atoms with Crippen LogP contribution >= 0.6 is 15.9 Å². The van der Waals surface area contributed by atoms with E-state index >= 15 is 0 Å². The Morgan fingerprint density at radius 2 is 1.94 bits per heavy atom. The highest BCUT2D eigenvalue weighted by molar-refractivity contribution is 9.10. The van der Waals surface area contributed by atoms with Gasteiger partial charge in [0.15, 0.2) is 0 Å². The topological polar surface area (TPSA) is 29.3 Å². The Labute approximate surface area is 106 Å². The van der Waals surface area contributed by atoms with Crippen molar-refractivity contribution in [2.24, 2.45) is 5.73 Å². The molecule has 1 aromatic rings. The van der Waals surface area contributed by atoms with E-state index in [0.29, 0.717) is 5.92 Å². The van der Waals surface area contributed by atoms with Gasteiger partial charge >= 0.3 is 0 Å². The van der Waals surface area contributed by atoms with Crippen LogP contribution in [-0.2, 0) is 0 Å². The van der Waals surface area contributed by atoms with E-state index in [9.17, 15) is 0 Å². The molecule has 0 radical (unpaired) electrons. The van der Waals surface area contributed by atoms with Crippen molar-refractivity contribution in [1.29, 1.82) is 0 Å². The molecule has 0 aliphatic carbocycles. The Morgan fingerprint density at radius 3 is 2.56 bits per heavy atom. The maximum Gasteiger partial charge on any atom is 0.0210 e. The quantitative estimate of drug-likeness (QED) is 0.924. The predicted octanol–water partition coefficient (Wildman–Crippen LogP) is 2.59. The largest absolute Gasteiger partial charge is 0.329 e. The Bertz CT molecular complexity index is 332. The molecule has 0 atom stereocenters. The number of hydrogen-bond acceptors (Lipinski definition) is 2. The molecule has 2 nitrogen and oxygen atoms in total. The second-order valence-corrected chi connectivity index (χ2v) is 5.28. The lowest BCUT2D eigenvalue weighted by molar-refractivity contribution is 0.217. The highest BCUT2D eigenvalue weighted by atomic mass is 79.9. The predicted molar refractivity (Wildman–Crippen MR) is 71.6 cm³/mol. The zero-order valence-electron chi connectivity index (χ0n) is 9.53. The van der Waals surface area contributed by atoms with Gasteiger partial charge < -0.3 is 10.6 Å². The van der Waals surface area contributed by atoms with Crippen LogP contribution in [-0.4, -0.2) is 31.1 Å². The molecule has 1 saturated heterocycles. The zero-order chi connectivity index (χ0) is 11.4. The molecule has 0 amide bonds. The molecule has 1 aliphatic heterocycles. The summed E-state index contributed by atoms with van der Waals surface area (Å²) in [5.41, 5.74) is 7.05. The van der Waals surface area contributed by atoms with Crippen molar-refractivity contribution in [1.82, 2.24) is 4.90 Å². The van der Waals surface area contributed by atoms with Gasteiger partial charge in [0.1, 0.15) is 0 Å². The first-order valence-corrected chi connectivity index (χ1v) is 6.77. The first-order valence-electron chi connectivity index (χ1n) is 5.98. The molecule has 0 spiro atoms. The fraction of sp³-hybridized carbons (Fsp3) is 0.538. The fourth-order valence-corrected chi connectivity index (χ4v) is 3.06. The Morgan fingerprint density at radius 1 is 1.25 bits per heavy atom. The second-order valence-electron chi connectivity index (χ2n) is 4.43. The highest BCUT2D eigenvalue weighted by Crippen LogP contribution is 2.32. The fourth-order valence-electron chi connectivity index (χ4n) is 2.46. The van der Waals surface area contributed by atoms with Gasteiger partial charge in [0, 0.05) is 17.6 Å². The molecule has 0 aromatic heterocycles. The van der Waals surface area contributed by atoms with Crippen molar-refractivity contribution in [3.8, 4) is 0 Å². The lowest BCUT2D eigenvalue weighted by atomic mass is 9.89. The molecule has 1 fully saturated rings. The van der Waals surface area contributed by atoms with E-state index in [1.807, 2.05) is 0 Å². The van der Waals surface area contributed by atoms with E-state index in [2.05, 4.69) is 45.1 Å². The number of benzene rings is 1. The number of rotatable bonds is 3. The molecule has 0 unspecified atom stereocenters. The second kappa shape index (κ2) is 5.80. The minimum Gasteiger partial charge on any atom is -0.329 e. The summed E-state index contributed by atoms with van der Waals surface area (Å²) in [7, 11) is 0. The monoisotopic (exact) mass is 282 g/mol. The van der Waals surface area contributed by atoms with Gasteiger partial charge in [-0.2, -0.15) is 0 Å². The van der Waals surface area contributed by atoms with Crippen LogP contribution in [0.15, 0.2) is 28.7 Å². The third kappa shape index (κ3) is 2.84. The van der Waals surface area contributed by atoms with Crippen molar-refractivity contribution >= 4 is 15.9 Å². The molecule has 1 aromatic carbocycles. The SMILES string of the molecule is NCCN1CCC(c2ccccc2Br)CC1. The molecule has 2 N–H and O–H groups in total. The third-order valence-electron chi connectivity index (χ3n) is 3.38. The average Bonchev–Trinajstić information content (AvgIpc) is 2.31. The van der Waals surface area contributed by atoms with Crippen LogP contribution in [0, 0.1) is 0 Å². The summed E-state index contributed by atoms with van der Waals surface area (Å²) in [4.78, 5) is 2.47. The summed E-state index contributed by atoms with van der Waals surface area (Å²) >= 11 is 3.64. The van der Waals surface area contributed by atoms with Gasteiger partial charge in [-0.25, -0.2) is 0 Å². The molecular weight excluding hydrogens is 264 g/mol. The Balaban J connectivity index is 1.96. The van der Waals surface area contributed by atoms with Crippen LogP contribution in [0.3, 0.4) is 0 Å². The Kier molecular flexibility index (Phi) is 4.38. The van der Waals surface area contributed by atoms with Crippen molar-refractivity contribution < 1.29 is 0 Å². The number of piperidine rings is 1. The smallest absolute Gasteiger partial charge is 0.0210 e. The summed E-state index contributed by atoms with van der Waals surface area (Å²) < 4.78 is 1.26. The molecule has 1 aliphatic rings. The number of likely N-dealkylation sites (tertiary alicyclic amines) is 1. The van der Waals surface area contributed by atoms with Crippen molar-refractivity contribution in [3.05, 3.63) is 34.3 Å². The van der Waals surface area contributed by atoms with E-state index in [1.54, 1.807) is 0 Å². The van der Waals surface area contributed by atoms with Gasteiger partial charge in [0.05, 0.1) is 0 Å². The van der Waals surface area contributed by atoms with Crippen LogP contribution in [0.2, 0.25) is 0 Å². The van der Waals surface area contributed by atoms with Crippen molar-refractivity contribution in [2.75, 3.05) is 26.2 Å². The van der Waals surface area contributed by atoms with Crippen molar-refractivity contribution in [3.63, 3.8) is 0 Å². The summed E-state index contributed by atoms with van der Waals surface area (Å²) in [6, 6.07) is 8.60. The summed E-state index contributed by atoms with van der Waals surface area (Å²) in [5.74, 6) is 0.713. The van der Waals surface area contributed by atoms with Crippen molar-refractivity contribution in [2.45, 2.75) is 18.8 Å². The number of nitrogens with two attached hydrogens (primary N) is 1. The maximum absolute atomic E-state index is 5.58. The third-order valence-corrected chi connectivity index (χ3v) is 4.10. The Hall–Kier alpha value is -0.380. The average molecular weight is 283 g/mol. The van der Waals surface area contributed by atoms with E-state index in [-0.39, 0.29) is 0 Å². The zero-order valence-corrected chi connectivity index (χ0v) is 11.1. The summed E-state index contributed by atoms with van der Waals surface area (Å²) in [5, 5.41) is 0. The van der Waals surface area contributed by atoms with E-state index < -0.39 is 0 Å². The minimum atomic E-state index is 0.713. The van der Waals surface area contributed by atoms with Gasteiger partial charge in [0.25, 0.3) is 0 Å². The first-order chi connectivity index (χ1) is 7.81. The van der Waals surface area contributed by atoms with Crippen LogP contribution in [0.1, 0.15) is 24.3 Å². The maximum atomic E-state index is 5.58. The van der Waals surface area contributed by atoms with Crippen LogP contribution in [0.5, 0.6) is 0 Å². The van der Waals surface area contributed by atoms with Crippen LogP contribution in [0.4, 0.5) is 0 Å². The molecule has 3 heteroatoms. The molecule has 0 saturated carbocycles.